The molecule has 11 heteroatoms. The topological polar surface area (TPSA) is 123 Å². The number of benzene rings is 2. The monoisotopic (exact) mass is 459 g/mol. The Morgan fingerprint density at radius 2 is 1.55 bits per heavy atom. The minimum Gasteiger partial charge on any atom is -0.493 e. The van der Waals surface area contributed by atoms with E-state index in [4.69, 9.17) is 28.2 Å². The summed E-state index contributed by atoms with van der Waals surface area (Å²) in [7, 11) is 7.53. The van der Waals surface area contributed by atoms with Crippen molar-refractivity contribution in [2.24, 2.45) is 0 Å². The van der Waals surface area contributed by atoms with Crippen molar-refractivity contribution in [1.29, 1.82) is 0 Å². The van der Waals surface area contributed by atoms with Crippen molar-refractivity contribution in [3.8, 4) is 40.1 Å². The number of carbonyl (C=O) groups excluding carboxylic acids is 1. The number of amides is 1. The summed E-state index contributed by atoms with van der Waals surface area (Å²) in [6.07, 6.45) is 0. The maximum absolute atomic E-state index is 12.6. The fourth-order valence-corrected chi connectivity index (χ4v) is 3.23. The van der Waals surface area contributed by atoms with Gasteiger partial charge < -0.3 is 29.0 Å². The first-order chi connectivity index (χ1) is 15.9. The highest BCUT2D eigenvalue weighted by atomic mass is 16.5. The van der Waals surface area contributed by atoms with Gasteiger partial charge in [0.05, 0.1) is 35.5 Å². The zero-order chi connectivity index (χ0) is 24.0. The van der Waals surface area contributed by atoms with Crippen molar-refractivity contribution < 1.29 is 33.0 Å². The second kappa shape index (κ2) is 10.4. The average molecular weight is 459 g/mol. The van der Waals surface area contributed by atoms with Crippen LogP contribution in [0.1, 0.15) is 5.56 Å². The molecule has 0 saturated carbocycles. The number of aromatic nitrogens is 2. The van der Waals surface area contributed by atoms with Crippen molar-refractivity contribution >= 4 is 5.91 Å². The number of ether oxygens (including phenoxy) is 5. The Morgan fingerprint density at radius 3 is 2.12 bits per heavy atom. The highest BCUT2D eigenvalue weighted by Crippen LogP contribution is 2.38. The summed E-state index contributed by atoms with van der Waals surface area (Å²) in [5, 5.41) is 6.56. The third kappa shape index (κ3) is 5.03. The largest absolute Gasteiger partial charge is 0.493 e. The molecule has 33 heavy (non-hydrogen) atoms. The van der Waals surface area contributed by atoms with E-state index in [2.05, 4.69) is 10.5 Å². The van der Waals surface area contributed by atoms with Gasteiger partial charge in [0.1, 0.15) is 6.54 Å². The molecule has 176 valence electrons. The van der Waals surface area contributed by atoms with Crippen LogP contribution in [0.15, 0.2) is 39.6 Å². The van der Waals surface area contributed by atoms with E-state index in [-0.39, 0.29) is 18.9 Å². The molecule has 0 saturated heterocycles. The van der Waals surface area contributed by atoms with Crippen LogP contribution in [-0.2, 0) is 17.9 Å². The predicted molar refractivity (Wildman–Crippen MR) is 117 cm³/mol. The maximum Gasteiger partial charge on any atom is 0.442 e. The zero-order valence-electron chi connectivity index (χ0n) is 19.0. The van der Waals surface area contributed by atoms with Gasteiger partial charge in [-0.2, -0.15) is 0 Å². The summed E-state index contributed by atoms with van der Waals surface area (Å²) in [6, 6.07) is 8.44. The Morgan fingerprint density at radius 1 is 0.909 bits per heavy atom. The van der Waals surface area contributed by atoms with Gasteiger partial charge >= 0.3 is 5.76 Å². The average Bonchev–Trinajstić information content (AvgIpc) is 3.20. The first kappa shape index (κ1) is 23.5. The van der Waals surface area contributed by atoms with Crippen LogP contribution < -0.4 is 34.8 Å². The van der Waals surface area contributed by atoms with E-state index in [9.17, 15) is 9.59 Å². The number of nitrogens with zero attached hydrogens (tertiary/aromatic N) is 2. The fraction of sp³-hybridized carbons (Fsp3) is 0.318. The molecule has 3 aromatic rings. The number of methoxy groups -OCH3 is 5. The summed E-state index contributed by atoms with van der Waals surface area (Å²) >= 11 is 0. The normalized spacial score (nSPS) is 10.5. The molecule has 0 aliphatic carbocycles. The van der Waals surface area contributed by atoms with Crippen molar-refractivity contribution in [3.05, 3.63) is 46.4 Å². The second-order valence-electron chi connectivity index (χ2n) is 6.74. The van der Waals surface area contributed by atoms with Gasteiger partial charge in [0, 0.05) is 12.1 Å². The van der Waals surface area contributed by atoms with E-state index in [1.54, 1.807) is 30.3 Å². The fourth-order valence-electron chi connectivity index (χ4n) is 3.23. The lowest BCUT2D eigenvalue weighted by molar-refractivity contribution is -0.121. The van der Waals surface area contributed by atoms with Gasteiger partial charge in [-0.05, 0) is 35.9 Å². The molecule has 0 aliphatic rings. The number of rotatable bonds is 10. The maximum atomic E-state index is 12.6. The third-order valence-electron chi connectivity index (χ3n) is 4.84. The van der Waals surface area contributed by atoms with Gasteiger partial charge in [-0.25, -0.2) is 9.36 Å². The zero-order valence-corrected chi connectivity index (χ0v) is 19.0. The lowest BCUT2D eigenvalue weighted by Gasteiger charge is -2.14. The van der Waals surface area contributed by atoms with Gasteiger partial charge in [-0.15, -0.1) is 0 Å². The van der Waals surface area contributed by atoms with E-state index < -0.39 is 11.7 Å². The van der Waals surface area contributed by atoms with Crippen molar-refractivity contribution in [1.82, 2.24) is 15.0 Å². The summed E-state index contributed by atoms with van der Waals surface area (Å²) in [5.74, 6) is 1.35. The van der Waals surface area contributed by atoms with Crippen molar-refractivity contribution in [3.63, 3.8) is 0 Å². The number of hydrogen-bond acceptors (Lipinski definition) is 9. The minimum absolute atomic E-state index is 0.168. The summed E-state index contributed by atoms with van der Waals surface area (Å²) in [5.41, 5.74) is 1.24. The van der Waals surface area contributed by atoms with Gasteiger partial charge in [-0.1, -0.05) is 5.16 Å². The minimum atomic E-state index is -0.761. The Hall–Kier alpha value is -4.15. The van der Waals surface area contributed by atoms with Gasteiger partial charge in [0.2, 0.25) is 11.7 Å². The third-order valence-corrected chi connectivity index (χ3v) is 4.84. The Bertz CT molecular complexity index is 1160. The SMILES string of the molecule is COc1ccc(-c2noc(=O)n2CC(=O)NCc2cc(OC)c(OC)c(OC)c2)cc1OC. The quantitative estimate of drug-likeness (QED) is 0.484. The van der Waals surface area contributed by atoms with Gasteiger partial charge in [0.15, 0.2) is 28.8 Å². The van der Waals surface area contributed by atoms with E-state index in [0.29, 0.717) is 34.3 Å². The molecule has 1 aromatic heterocycles. The molecule has 1 heterocycles. The summed E-state index contributed by atoms with van der Waals surface area (Å²) in [6.45, 7) is -0.127. The molecule has 1 amide bonds. The summed E-state index contributed by atoms with van der Waals surface area (Å²) in [4.78, 5) is 24.8. The molecule has 2 aromatic carbocycles. The molecule has 0 unspecified atom stereocenters. The molecule has 0 radical (unpaired) electrons. The molecular formula is C22H25N3O8. The molecule has 1 N–H and O–H groups in total. The first-order valence-electron chi connectivity index (χ1n) is 9.80. The molecule has 0 aliphatic heterocycles. The predicted octanol–water partition coefficient (Wildman–Crippen LogP) is 1.86. The van der Waals surface area contributed by atoms with Crippen LogP contribution in [0.3, 0.4) is 0 Å². The van der Waals surface area contributed by atoms with Crippen LogP contribution in [0.4, 0.5) is 0 Å². The lowest BCUT2D eigenvalue weighted by atomic mass is 10.1. The Labute approximate surface area is 189 Å². The van der Waals surface area contributed by atoms with Crippen LogP contribution in [0.2, 0.25) is 0 Å². The molecular weight excluding hydrogens is 434 g/mol. The second-order valence-corrected chi connectivity index (χ2v) is 6.74. The molecule has 0 bridgehead atoms. The van der Waals surface area contributed by atoms with Crippen molar-refractivity contribution in [2.75, 3.05) is 35.5 Å². The number of nitrogens with one attached hydrogen (secondary N) is 1. The molecule has 11 nitrogen and oxygen atoms in total. The lowest BCUT2D eigenvalue weighted by Crippen LogP contribution is -2.30. The molecule has 3 rings (SSSR count). The Balaban J connectivity index is 1.78. The smallest absolute Gasteiger partial charge is 0.442 e. The number of carbonyl (C=O) groups is 1. The van der Waals surface area contributed by atoms with Crippen LogP contribution in [0.25, 0.3) is 11.4 Å². The van der Waals surface area contributed by atoms with Crippen LogP contribution in [0.5, 0.6) is 28.7 Å². The standard InChI is InChI=1S/C22H25N3O8/c1-28-15-7-6-14(10-16(15)29-2)21-24-33-22(27)25(21)12-19(26)23-11-13-8-17(30-3)20(32-5)18(9-13)31-4/h6-10H,11-12H2,1-5H3,(H,23,26). The van der Waals surface area contributed by atoms with Crippen LogP contribution >= 0.6 is 0 Å². The highest BCUT2D eigenvalue weighted by Gasteiger charge is 2.18. The van der Waals surface area contributed by atoms with E-state index in [0.717, 1.165) is 10.1 Å². The molecule has 0 atom stereocenters. The van der Waals surface area contributed by atoms with Crippen LogP contribution in [0, 0.1) is 0 Å². The molecule has 0 spiro atoms. The first-order valence-corrected chi connectivity index (χ1v) is 9.80. The number of hydrogen-bond donors (Lipinski definition) is 1. The van der Waals surface area contributed by atoms with E-state index in [1.165, 1.54) is 35.5 Å². The van der Waals surface area contributed by atoms with E-state index >= 15 is 0 Å². The van der Waals surface area contributed by atoms with Crippen LogP contribution in [-0.4, -0.2) is 51.2 Å². The highest BCUT2D eigenvalue weighted by molar-refractivity contribution is 5.76. The van der Waals surface area contributed by atoms with E-state index in [1.807, 2.05) is 0 Å². The van der Waals surface area contributed by atoms with Crippen molar-refractivity contribution in [2.45, 2.75) is 13.1 Å². The Kier molecular flexibility index (Phi) is 7.44. The molecule has 0 fully saturated rings. The van der Waals surface area contributed by atoms with Gasteiger partial charge in [-0.3, -0.25) is 9.32 Å². The van der Waals surface area contributed by atoms with Gasteiger partial charge in [0.25, 0.3) is 0 Å². The summed E-state index contributed by atoms with van der Waals surface area (Å²) < 4.78 is 32.4.